The Labute approximate surface area is 123 Å². The lowest BCUT2D eigenvalue weighted by Gasteiger charge is -2.18. The normalized spacial score (nSPS) is 13.0. The first-order chi connectivity index (χ1) is 9.95. The van der Waals surface area contributed by atoms with Crippen molar-refractivity contribution in [1.29, 1.82) is 0 Å². The molecule has 2 rings (SSSR count). The number of nitrogens with one attached hydrogen (secondary N) is 1. The van der Waals surface area contributed by atoms with E-state index in [1.807, 2.05) is 37.3 Å². The highest BCUT2D eigenvalue weighted by molar-refractivity contribution is 7.89. The van der Waals surface area contributed by atoms with E-state index in [2.05, 4.69) is 4.72 Å². The molecule has 2 aromatic rings. The van der Waals surface area contributed by atoms with Crippen molar-refractivity contribution in [1.82, 2.24) is 4.72 Å². The van der Waals surface area contributed by atoms with Crippen LogP contribution >= 0.6 is 0 Å². The fourth-order valence-electron chi connectivity index (χ4n) is 2.13. The zero-order chi connectivity index (χ0) is 15.5. The highest BCUT2D eigenvalue weighted by atomic mass is 32.2. The molecule has 0 amide bonds. The van der Waals surface area contributed by atoms with Crippen molar-refractivity contribution >= 4 is 15.7 Å². The first-order valence-corrected chi connectivity index (χ1v) is 8.05. The summed E-state index contributed by atoms with van der Waals surface area (Å²) in [6.45, 7) is 1.85. The van der Waals surface area contributed by atoms with E-state index < -0.39 is 26.8 Å². The molecule has 0 aliphatic carbocycles. The van der Waals surface area contributed by atoms with Gasteiger partial charge in [-0.3, -0.25) is 0 Å². The van der Waals surface area contributed by atoms with Gasteiger partial charge in [-0.2, -0.15) is 0 Å². The zero-order valence-electron chi connectivity index (χ0n) is 11.6. The molecule has 4 nitrogen and oxygen atoms in total. The molecule has 3 N–H and O–H groups in total. The molecule has 2 aromatic carbocycles. The molecule has 112 valence electrons. The highest BCUT2D eigenvalue weighted by Gasteiger charge is 2.25. The van der Waals surface area contributed by atoms with Gasteiger partial charge in [0.25, 0.3) is 0 Å². The average molecular weight is 308 g/mol. The Morgan fingerprint density at radius 2 is 1.81 bits per heavy atom. The van der Waals surface area contributed by atoms with Crippen molar-refractivity contribution in [3.05, 3.63) is 59.9 Å². The lowest BCUT2D eigenvalue weighted by Crippen LogP contribution is -2.29. The van der Waals surface area contributed by atoms with E-state index in [0.717, 1.165) is 11.6 Å². The summed E-state index contributed by atoms with van der Waals surface area (Å²) in [6.07, 6.45) is 0.539. The second kappa shape index (κ2) is 6.24. The molecule has 0 saturated carbocycles. The first kappa shape index (κ1) is 15.5. The van der Waals surface area contributed by atoms with Crippen LogP contribution in [0.5, 0.6) is 0 Å². The SMILES string of the molecule is CCC(NS(=O)(=O)c1c(N)cccc1F)c1ccccc1. The largest absolute Gasteiger partial charge is 0.398 e. The summed E-state index contributed by atoms with van der Waals surface area (Å²) in [5, 5.41) is 0. The monoisotopic (exact) mass is 308 g/mol. The van der Waals surface area contributed by atoms with Crippen molar-refractivity contribution in [3.63, 3.8) is 0 Å². The van der Waals surface area contributed by atoms with Crippen LogP contribution < -0.4 is 10.5 Å². The Balaban J connectivity index is 2.37. The molecule has 1 unspecified atom stereocenters. The number of nitrogen functional groups attached to an aromatic ring is 1. The van der Waals surface area contributed by atoms with Crippen molar-refractivity contribution in [2.24, 2.45) is 0 Å². The Bertz CT molecular complexity index is 697. The fourth-order valence-corrected chi connectivity index (χ4v) is 3.63. The topological polar surface area (TPSA) is 72.2 Å². The van der Waals surface area contributed by atoms with Crippen LogP contribution in [0.3, 0.4) is 0 Å². The Kier molecular flexibility index (Phi) is 4.59. The summed E-state index contributed by atoms with van der Waals surface area (Å²) in [7, 11) is -4.03. The van der Waals surface area contributed by atoms with Gasteiger partial charge in [0, 0.05) is 6.04 Å². The minimum atomic E-state index is -4.03. The van der Waals surface area contributed by atoms with Gasteiger partial charge in [0.05, 0.1) is 5.69 Å². The summed E-state index contributed by atoms with van der Waals surface area (Å²) in [5.41, 5.74) is 6.32. The fraction of sp³-hybridized carbons (Fsp3) is 0.200. The van der Waals surface area contributed by atoms with E-state index in [1.165, 1.54) is 12.1 Å². The number of rotatable bonds is 5. The van der Waals surface area contributed by atoms with E-state index in [-0.39, 0.29) is 5.69 Å². The van der Waals surface area contributed by atoms with Crippen LogP contribution in [-0.2, 0) is 10.0 Å². The minimum Gasteiger partial charge on any atom is -0.398 e. The Morgan fingerprint density at radius 3 is 2.38 bits per heavy atom. The third kappa shape index (κ3) is 3.40. The number of hydrogen-bond acceptors (Lipinski definition) is 3. The molecule has 0 aromatic heterocycles. The van der Waals surface area contributed by atoms with Gasteiger partial charge in [0.15, 0.2) is 0 Å². The molecular weight excluding hydrogens is 291 g/mol. The summed E-state index contributed by atoms with van der Waals surface area (Å²) in [6, 6.07) is 12.5. The lowest BCUT2D eigenvalue weighted by atomic mass is 10.1. The standard InChI is InChI=1S/C15H17FN2O2S/c1-2-14(11-7-4-3-5-8-11)18-21(19,20)15-12(16)9-6-10-13(15)17/h3-10,14,18H,2,17H2,1H3. The third-order valence-electron chi connectivity index (χ3n) is 3.17. The van der Waals surface area contributed by atoms with Crippen LogP contribution in [0.1, 0.15) is 24.9 Å². The van der Waals surface area contributed by atoms with Crippen LogP contribution in [0, 0.1) is 5.82 Å². The van der Waals surface area contributed by atoms with Crippen LogP contribution in [0.25, 0.3) is 0 Å². The molecule has 0 aliphatic heterocycles. The number of halogens is 1. The maximum atomic E-state index is 13.8. The molecule has 0 heterocycles. The summed E-state index contributed by atoms with van der Waals surface area (Å²) in [5.74, 6) is -0.856. The quantitative estimate of drug-likeness (QED) is 0.834. The first-order valence-electron chi connectivity index (χ1n) is 6.57. The number of hydrogen-bond donors (Lipinski definition) is 2. The van der Waals surface area contributed by atoms with E-state index in [0.29, 0.717) is 6.42 Å². The maximum absolute atomic E-state index is 13.8. The van der Waals surface area contributed by atoms with Gasteiger partial charge < -0.3 is 5.73 Å². The molecule has 0 saturated heterocycles. The maximum Gasteiger partial charge on any atom is 0.246 e. The molecule has 1 atom stereocenters. The Morgan fingerprint density at radius 1 is 1.14 bits per heavy atom. The number of nitrogens with two attached hydrogens (primary N) is 1. The highest BCUT2D eigenvalue weighted by Crippen LogP contribution is 2.25. The van der Waals surface area contributed by atoms with E-state index in [9.17, 15) is 12.8 Å². The number of anilines is 1. The van der Waals surface area contributed by atoms with E-state index >= 15 is 0 Å². The van der Waals surface area contributed by atoms with Gasteiger partial charge in [-0.05, 0) is 24.1 Å². The van der Waals surface area contributed by atoms with Crippen molar-refractivity contribution in [3.8, 4) is 0 Å². The molecular formula is C15H17FN2O2S. The van der Waals surface area contributed by atoms with Gasteiger partial charge in [-0.25, -0.2) is 17.5 Å². The van der Waals surface area contributed by atoms with E-state index in [4.69, 9.17) is 5.73 Å². The van der Waals surface area contributed by atoms with Crippen molar-refractivity contribution in [2.75, 3.05) is 5.73 Å². The zero-order valence-corrected chi connectivity index (χ0v) is 12.4. The van der Waals surface area contributed by atoms with Gasteiger partial charge >= 0.3 is 0 Å². The molecule has 21 heavy (non-hydrogen) atoms. The van der Waals surface area contributed by atoms with Crippen molar-refractivity contribution in [2.45, 2.75) is 24.3 Å². The lowest BCUT2D eigenvalue weighted by molar-refractivity contribution is 0.536. The predicted octanol–water partition coefficient (Wildman–Crippen LogP) is 2.84. The molecule has 0 bridgehead atoms. The van der Waals surface area contributed by atoms with Gasteiger partial charge in [-0.15, -0.1) is 0 Å². The summed E-state index contributed by atoms with van der Waals surface area (Å²) in [4.78, 5) is -0.501. The molecule has 0 spiro atoms. The number of benzene rings is 2. The van der Waals surface area contributed by atoms with Gasteiger partial charge in [0.1, 0.15) is 10.7 Å². The summed E-state index contributed by atoms with van der Waals surface area (Å²) >= 11 is 0. The second-order valence-electron chi connectivity index (χ2n) is 4.65. The average Bonchev–Trinajstić information content (AvgIpc) is 2.45. The molecule has 6 heteroatoms. The van der Waals surface area contributed by atoms with Crippen LogP contribution in [0.15, 0.2) is 53.4 Å². The smallest absolute Gasteiger partial charge is 0.246 e. The summed E-state index contributed by atoms with van der Waals surface area (Å²) < 4.78 is 41.1. The van der Waals surface area contributed by atoms with Gasteiger partial charge in [0.2, 0.25) is 10.0 Å². The minimum absolute atomic E-state index is 0.106. The predicted molar refractivity (Wildman–Crippen MR) is 80.6 cm³/mol. The molecule has 0 radical (unpaired) electrons. The van der Waals surface area contributed by atoms with Crippen LogP contribution in [0.4, 0.5) is 10.1 Å². The third-order valence-corrected chi connectivity index (χ3v) is 4.74. The van der Waals surface area contributed by atoms with Crippen LogP contribution in [0.2, 0.25) is 0 Å². The molecule has 0 fully saturated rings. The van der Waals surface area contributed by atoms with Gasteiger partial charge in [-0.1, -0.05) is 43.3 Å². The van der Waals surface area contributed by atoms with Crippen LogP contribution in [-0.4, -0.2) is 8.42 Å². The second-order valence-corrected chi connectivity index (χ2v) is 6.30. The van der Waals surface area contributed by atoms with E-state index in [1.54, 1.807) is 0 Å². The van der Waals surface area contributed by atoms with Crippen molar-refractivity contribution < 1.29 is 12.8 Å². The molecule has 0 aliphatic rings. The number of sulfonamides is 1. The Hall–Kier alpha value is -1.92.